The molecule has 1 fully saturated rings. The van der Waals surface area contributed by atoms with Crippen LogP contribution in [0, 0.1) is 12.8 Å². The first-order valence-electron chi connectivity index (χ1n) is 10.1. The molecule has 28 heavy (non-hydrogen) atoms. The number of aryl methyl sites for hydroxylation is 2. The molecule has 150 valence electrons. The summed E-state index contributed by atoms with van der Waals surface area (Å²) >= 11 is 0. The molecule has 7 nitrogen and oxygen atoms in total. The first kappa shape index (κ1) is 20.0. The van der Waals surface area contributed by atoms with E-state index in [1.54, 1.807) is 6.92 Å². The van der Waals surface area contributed by atoms with Crippen molar-refractivity contribution < 1.29 is 14.1 Å². The number of hydrogen-bond acceptors (Lipinski definition) is 5. The van der Waals surface area contributed by atoms with Gasteiger partial charge in [-0.05, 0) is 43.9 Å². The van der Waals surface area contributed by atoms with Crippen molar-refractivity contribution in [3.8, 4) is 0 Å². The van der Waals surface area contributed by atoms with Crippen LogP contribution >= 0.6 is 0 Å². The summed E-state index contributed by atoms with van der Waals surface area (Å²) < 4.78 is 5.04. The normalized spacial score (nSPS) is 14.6. The first-order chi connectivity index (χ1) is 13.6. The zero-order valence-electron chi connectivity index (χ0n) is 16.4. The molecule has 0 saturated heterocycles. The van der Waals surface area contributed by atoms with Crippen molar-refractivity contribution in [2.24, 2.45) is 5.92 Å². The standard InChI is InChI=1S/C21H28N4O3/c1-15-23-20(28-25-15)12-6-11-19(26)22-14-16-7-5-10-18(13-16)24-21(27)17-8-3-2-4-9-17/h5,7,10,13,17H,2-4,6,8-9,11-12,14H2,1H3,(H,22,26)(H,24,27). The van der Waals surface area contributed by atoms with E-state index in [0.717, 1.165) is 36.9 Å². The quantitative estimate of drug-likeness (QED) is 0.725. The minimum atomic E-state index is -0.0205. The van der Waals surface area contributed by atoms with E-state index in [4.69, 9.17) is 4.52 Å². The van der Waals surface area contributed by atoms with Gasteiger partial charge < -0.3 is 15.2 Å². The second-order valence-corrected chi connectivity index (χ2v) is 7.39. The Balaban J connectivity index is 1.41. The van der Waals surface area contributed by atoms with Gasteiger partial charge in [0.25, 0.3) is 0 Å². The Kier molecular flexibility index (Phi) is 7.17. The van der Waals surface area contributed by atoms with Crippen LogP contribution in [0.15, 0.2) is 28.8 Å². The SMILES string of the molecule is Cc1noc(CCCC(=O)NCc2cccc(NC(=O)C3CCCCC3)c2)n1. The van der Waals surface area contributed by atoms with Gasteiger partial charge in [-0.25, -0.2) is 0 Å². The highest BCUT2D eigenvalue weighted by atomic mass is 16.5. The van der Waals surface area contributed by atoms with E-state index >= 15 is 0 Å². The van der Waals surface area contributed by atoms with Gasteiger partial charge in [0.2, 0.25) is 17.7 Å². The lowest BCUT2D eigenvalue weighted by Gasteiger charge is -2.20. The van der Waals surface area contributed by atoms with Gasteiger partial charge >= 0.3 is 0 Å². The third kappa shape index (κ3) is 6.18. The maximum Gasteiger partial charge on any atom is 0.227 e. The first-order valence-corrected chi connectivity index (χ1v) is 10.1. The molecular weight excluding hydrogens is 356 g/mol. The maximum atomic E-state index is 12.4. The Morgan fingerprint density at radius 2 is 2.04 bits per heavy atom. The lowest BCUT2D eigenvalue weighted by Crippen LogP contribution is -2.25. The average molecular weight is 384 g/mol. The molecule has 1 aliphatic rings. The van der Waals surface area contributed by atoms with Crippen molar-refractivity contribution in [3.05, 3.63) is 41.5 Å². The highest BCUT2D eigenvalue weighted by Gasteiger charge is 2.21. The average Bonchev–Trinajstić information content (AvgIpc) is 3.12. The summed E-state index contributed by atoms with van der Waals surface area (Å²) in [5, 5.41) is 9.67. The summed E-state index contributed by atoms with van der Waals surface area (Å²) in [7, 11) is 0. The molecule has 0 bridgehead atoms. The summed E-state index contributed by atoms with van der Waals surface area (Å²) in [6.07, 6.45) is 7.11. The van der Waals surface area contributed by atoms with Gasteiger partial charge in [0.15, 0.2) is 5.82 Å². The Hall–Kier alpha value is -2.70. The molecular formula is C21H28N4O3. The number of rotatable bonds is 8. The van der Waals surface area contributed by atoms with E-state index in [1.165, 1.54) is 6.42 Å². The van der Waals surface area contributed by atoms with Crippen LogP contribution in [-0.2, 0) is 22.6 Å². The van der Waals surface area contributed by atoms with E-state index in [0.29, 0.717) is 37.5 Å². The van der Waals surface area contributed by atoms with E-state index < -0.39 is 0 Å². The molecule has 0 radical (unpaired) electrons. The van der Waals surface area contributed by atoms with Gasteiger partial charge in [0, 0.05) is 31.0 Å². The number of nitrogens with zero attached hydrogens (tertiary/aromatic N) is 2. The molecule has 1 heterocycles. The summed E-state index contributed by atoms with van der Waals surface area (Å²) in [5.74, 6) is 1.38. The molecule has 2 amide bonds. The molecule has 0 atom stereocenters. The summed E-state index contributed by atoms with van der Waals surface area (Å²) in [4.78, 5) is 28.5. The van der Waals surface area contributed by atoms with Gasteiger partial charge in [-0.15, -0.1) is 0 Å². The van der Waals surface area contributed by atoms with E-state index in [-0.39, 0.29) is 17.7 Å². The van der Waals surface area contributed by atoms with Gasteiger partial charge in [-0.1, -0.05) is 36.6 Å². The van der Waals surface area contributed by atoms with E-state index in [9.17, 15) is 9.59 Å². The molecule has 1 aliphatic carbocycles. The van der Waals surface area contributed by atoms with Crippen LogP contribution in [0.4, 0.5) is 5.69 Å². The third-order valence-electron chi connectivity index (χ3n) is 5.02. The number of anilines is 1. The number of hydrogen-bond donors (Lipinski definition) is 2. The minimum absolute atomic E-state index is 0.0205. The summed E-state index contributed by atoms with van der Waals surface area (Å²) in [6, 6.07) is 7.65. The second-order valence-electron chi connectivity index (χ2n) is 7.39. The molecule has 2 aromatic rings. The van der Waals surface area contributed by atoms with Gasteiger partial charge in [0.1, 0.15) is 0 Å². The fourth-order valence-electron chi connectivity index (χ4n) is 3.50. The molecule has 1 saturated carbocycles. The predicted molar refractivity (Wildman–Crippen MR) is 105 cm³/mol. The molecule has 0 aliphatic heterocycles. The lowest BCUT2D eigenvalue weighted by molar-refractivity contribution is -0.121. The number of amides is 2. The number of benzene rings is 1. The monoisotopic (exact) mass is 384 g/mol. The Labute approximate surface area is 165 Å². The van der Waals surface area contributed by atoms with Crippen molar-refractivity contribution in [1.82, 2.24) is 15.5 Å². The van der Waals surface area contributed by atoms with Crippen molar-refractivity contribution >= 4 is 17.5 Å². The third-order valence-corrected chi connectivity index (χ3v) is 5.02. The Morgan fingerprint density at radius 1 is 1.21 bits per heavy atom. The van der Waals surface area contributed by atoms with E-state index in [2.05, 4.69) is 20.8 Å². The number of aromatic nitrogens is 2. The number of carbonyl (C=O) groups excluding carboxylic acids is 2. The van der Waals surface area contributed by atoms with Crippen molar-refractivity contribution in [1.29, 1.82) is 0 Å². The van der Waals surface area contributed by atoms with Gasteiger partial charge in [0.05, 0.1) is 0 Å². The van der Waals surface area contributed by atoms with Crippen LogP contribution < -0.4 is 10.6 Å². The topological polar surface area (TPSA) is 97.1 Å². The zero-order chi connectivity index (χ0) is 19.8. The number of carbonyl (C=O) groups is 2. The summed E-state index contributed by atoms with van der Waals surface area (Å²) in [6.45, 7) is 2.21. The van der Waals surface area contributed by atoms with Crippen molar-refractivity contribution in [2.45, 2.75) is 64.8 Å². The van der Waals surface area contributed by atoms with E-state index in [1.807, 2.05) is 24.3 Å². The Bertz CT molecular complexity index is 796. The van der Waals surface area contributed by atoms with Crippen molar-refractivity contribution in [3.63, 3.8) is 0 Å². The lowest BCUT2D eigenvalue weighted by atomic mass is 9.88. The van der Waals surface area contributed by atoms with Gasteiger partial charge in [-0.3, -0.25) is 9.59 Å². The molecule has 7 heteroatoms. The molecule has 1 aromatic heterocycles. The minimum Gasteiger partial charge on any atom is -0.352 e. The molecule has 3 rings (SSSR count). The van der Waals surface area contributed by atoms with Crippen LogP contribution in [0.25, 0.3) is 0 Å². The molecule has 0 spiro atoms. The zero-order valence-corrected chi connectivity index (χ0v) is 16.4. The largest absolute Gasteiger partial charge is 0.352 e. The van der Waals surface area contributed by atoms with Crippen LogP contribution in [0.1, 0.15) is 62.2 Å². The van der Waals surface area contributed by atoms with Crippen LogP contribution in [0.3, 0.4) is 0 Å². The highest BCUT2D eigenvalue weighted by molar-refractivity contribution is 5.92. The second kappa shape index (κ2) is 10.0. The highest BCUT2D eigenvalue weighted by Crippen LogP contribution is 2.25. The Morgan fingerprint density at radius 3 is 2.79 bits per heavy atom. The number of nitrogens with one attached hydrogen (secondary N) is 2. The van der Waals surface area contributed by atoms with Gasteiger partial charge in [-0.2, -0.15) is 4.98 Å². The molecule has 0 unspecified atom stereocenters. The fraction of sp³-hybridized carbons (Fsp3) is 0.524. The molecule has 2 N–H and O–H groups in total. The van der Waals surface area contributed by atoms with Crippen LogP contribution in [-0.4, -0.2) is 22.0 Å². The smallest absolute Gasteiger partial charge is 0.227 e. The van der Waals surface area contributed by atoms with Crippen LogP contribution in [0.2, 0.25) is 0 Å². The maximum absolute atomic E-state index is 12.4. The fourth-order valence-corrected chi connectivity index (χ4v) is 3.50. The molecule has 1 aromatic carbocycles. The predicted octanol–water partition coefficient (Wildman–Crippen LogP) is 3.54. The van der Waals surface area contributed by atoms with Crippen molar-refractivity contribution in [2.75, 3.05) is 5.32 Å². The van der Waals surface area contributed by atoms with Crippen LogP contribution in [0.5, 0.6) is 0 Å². The summed E-state index contributed by atoms with van der Waals surface area (Å²) in [5.41, 5.74) is 1.75.